The summed E-state index contributed by atoms with van der Waals surface area (Å²) in [5, 5.41) is 6.70. The first-order valence-electron chi connectivity index (χ1n) is 7.71. The highest BCUT2D eigenvalue weighted by atomic mass is 79.9. The van der Waals surface area contributed by atoms with E-state index in [4.69, 9.17) is 0 Å². The molecule has 124 valence electrons. The Hall–Kier alpha value is -1.66. The van der Waals surface area contributed by atoms with Crippen molar-refractivity contribution in [3.05, 3.63) is 40.1 Å². The Morgan fingerprint density at radius 2 is 1.83 bits per heavy atom. The second-order valence-corrected chi connectivity index (χ2v) is 6.71. The standard InChI is InChI=1S/C17H24BrN5/c1-12-10-14(6-7-15(12)18)22-17-11-16(20-13(2)21-17)19-8-5-9-23(3)4/h6-7,10-11H,5,8-9H2,1-4H3,(H2,19,20,21,22). The molecular formula is C17H24BrN5. The van der Waals surface area contributed by atoms with E-state index in [9.17, 15) is 0 Å². The van der Waals surface area contributed by atoms with Crippen molar-refractivity contribution in [2.75, 3.05) is 37.8 Å². The summed E-state index contributed by atoms with van der Waals surface area (Å²) in [6, 6.07) is 8.09. The quantitative estimate of drug-likeness (QED) is 0.715. The van der Waals surface area contributed by atoms with E-state index in [1.807, 2.05) is 25.1 Å². The van der Waals surface area contributed by atoms with E-state index in [1.165, 1.54) is 5.56 Å². The van der Waals surface area contributed by atoms with Gasteiger partial charge in [0.25, 0.3) is 0 Å². The Kier molecular flexibility index (Phi) is 6.36. The lowest BCUT2D eigenvalue weighted by molar-refractivity contribution is 0.405. The maximum Gasteiger partial charge on any atom is 0.136 e. The van der Waals surface area contributed by atoms with Gasteiger partial charge >= 0.3 is 0 Å². The van der Waals surface area contributed by atoms with Gasteiger partial charge in [-0.1, -0.05) is 15.9 Å². The molecule has 23 heavy (non-hydrogen) atoms. The molecule has 6 heteroatoms. The molecule has 0 aliphatic rings. The first kappa shape index (κ1) is 17.7. The van der Waals surface area contributed by atoms with Crippen LogP contribution in [0, 0.1) is 13.8 Å². The maximum atomic E-state index is 4.46. The van der Waals surface area contributed by atoms with Gasteiger partial charge in [-0.3, -0.25) is 0 Å². The van der Waals surface area contributed by atoms with Crippen molar-refractivity contribution in [1.29, 1.82) is 0 Å². The van der Waals surface area contributed by atoms with Crippen molar-refractivity contribution < 1.29 is 0 Å². The summed E-state index contributed by atoms with van der Waals surface area (Å²) < 4.78 is 1.10. The van der Waals surface area contributed by atoms with E-state index in [2.05, 4.69) is 68.5 Å². The zero-order valence-corrected chi connectivity index (χ0v) is 15.7. The van der Waals surface area contributed by atoms with Crippen LogP contribution in [0.25, 0.3) is 0 Å². The molecule has 0 atom stereocenters. The summed E-state index contributed by atoms with van der Waals surface area (Å²) in [5.74, 6) is 2.40. The van der Waals surface area contributed by atoms with E-state index >= 15 is 0 Å². The van der Waals surface area contributed by atoms with Crippen LogP contribution in [0.1, 0.15) is 17.8 Å². The fraction of sp³-hybridized carbons (Fsp3) is 0.412. The number of rotatable bonds is 7. The largest absolute Gasteiger partial charge is 0.370 e. The van der Waals surface area contributed by atoms with Crippen molar-refractivity contribution >= 4 is 33.3 Å². The molecule has 0 bridgehead atoms. The van der Waals surface area contributed by atoms with Crippen LogP contribution in [-0.4, -0.2) is 42.1 Å². The minimum atomic E-state index is 0.749. The van der Waals surface area contributed by atoms with Gasteiger partial charge in [-0.05, 0) is 64.7 Å². The van der Waals surface area contributed by atoms with Gasteiger partial charge in [0.05, 0.1) is 0 Å². The number of aryl methyl sites for hydroxylation is 2. The zero-order chi connectivity index (χ0) is 16.8. The topological polar surface area (TPSA) is 53.1 Å². The lowest BCUT2D eigenvalue weighted by Crippen LogP contribution is -2.16. The molecule has 0 saturated carbocycles. The highest BCUT2D eigenvalue weighted by Crippen LogP contribution is 2.23. The first-order chi connectivity index (χ1) is 10.9. The van der Waals surface area contributed by atoms with Crippen molar-refractivity contribution in [3.63, 3.8) is 0 Å². The van der Waals surface area contributed by atoms with E-state index in [-0.39, 0.29) is 0 Å². The molecule has 2 aromatic rings. The molecule has 0 saturated heterocycles. The van der Waals surface area contributed by atoms with Gasteiger partial charge in [0.2, 0.25) is 0 Å². The highest BCUT2D eigenvalue weighted by molar-refractivity contribution is 9.10. The number of aromatic nitrogens is 2. The molecule has 2 N–H and O–H groups in total. The predicted molar refractivity (Wildman–Crippen MR) is 101 cm³/mol. The van der Waals surface area contributed by atoms with Crippen LogP contribution in [0.4, 0.5) is 17.3 Å². The van der Waals surface area contributed by atoms with Gasteiger partial charge in [0.15, 0.2) is 0 Å². The summed E-state index contributed by atoms with van der Waals surface area (Å²) in [7, 11) is 4.16. The van der Waals surface area contributed by atoms with E-state index in [0.29, 0.717) is 0 Å². The molecule has 0 unspecified atom stereocenters. The van der Waals surface area contributed by atoms with Crippen LogP contribution in [0.5, 0.6) is 0 Å². The number of nitrogens with one attached hydrogen (secondary N) is 2. The average molecular weight is 378 g/mol. The van der Waals surface area contributed by atoms with Crippen LogP contribution < -0.4 is 10.6 Å². The van der Waals surface area contributed by atoms with Crippen LogP contribution in [0.2, 0.25) is 0 Å². The summed E-state index contributed by atoms with van der Waals surface area (Å²) in [6.45, 7) is 5.92. The summed E-state index contributed by atoms with van der Waals surface area (Å²) in [5.41, 5.74) is 2.20. The Morgan fingerprint density at radius 3 is 2.52 bits per heavy atom. The molecule has 1 heterocycles. The minimum Gasteiger partial charge on any atom is -0.370 e. The molecule has 0 aliphatic carbocycles. The van der Waals surface area contributed by atoms with Crippen molar-refractivity contribution in [2.45, 2.75) is 20.3 Å². The van der Waals surface area contributed by atoms with Crippen molar-refractivity contribution in [1.82, 2.24) is 14.9 Å². The third kappa shape index (κ3) is 5.80. The molecule has 5 nitrogen and oxygen atoms in total. The van der Waals surface area contributed by atoms with Gasteiger partial charge in [-0.2, -0.15) is 0 Å². The van der Waals surface area contributed by atoms with E-state index in [1.54, 1.807) is 0 Å². The molecule has 0 fully saturated rings. The Balaban J connectivity index is 2.03. The molecule has 0 radical (unpaired) electrons. The molecule has 0 aliphatic heterocycles. The van der Waals surface area contributed by atoms with Gasteiger partial charge in [-0.15, -0.1) is 0 Å². The fourth-order valence-corrected chi connectivity index (χ4v) is 2.45. The predicted octanol–water partition coefficient (Wildman–Crippen LogP) is 3.96. The van der Waals surface area contributed by atoms with Crippen LogP contribution in [0.15, 0.2) is 28.7 Å². The third-order valence-electron chi connectivity index (χ3n) is 3.36. The van der Waals surface area contributed by atoms with Gasteiger partial charge < -0.3 is 15.5 Å². The number of halogens is 1. The molecule has 0 amide bonds. The molecule has 1 aromatic carbocycles. The molecular weight excluding hydrogens is 354 g/mol. The van der Waals surface area contributed by atoms with Crippen LogP contribution in [0.3, 0.4) is 0 Å². The molecule has 0 spiro atoms. The lowest BCUT2D eigenvalue weighted by Gasteiger charge is -2.12. The van der Waals surface area contributed by atoms with E-state index < -0.39 is 0 Å². The zero-order valence-electron chi connectivity index (χ0n) is 14.2. The number of hydrogen-bond donors (Lipinski definition) is 2. The maximum absolute atomic E-state index is 4.46. The van der Waals surface area contributed by atoms with Gasteiger partial charge in [0.1, 0.15) is 17.5 Å². The van der Waals surface area contributed by atoms with Crippen LogP contribution >= 0.6 is 15.9 Å². The van der Waals surface area contributed by atoms with Crippen LogP contribution in [-0.2, 0) is 0 Å². The fourth-order valence-electron chi connectivity index (χ4n) is 2.20. The monoisotopic (exact) mass is 377 g/mol. The second kappa shape index (κ2) is 8.26. The lowest BCUT2D eigenvalue weighted by atomic mass is 10.2. The second-order valence-electron chi connectivity index (χ2n) is 5.86. The Labute approximate surface area is 146 Å². The smallest absolute Gasteiger partial charge is 0.136 e. The SMILES string of the molecule is Cc1nc(NCCCN(C)C)cc(Nc2ccc(Br)c(C)c2)n1. The van der Waals surface area contributed by atoms with Crippen molar-refractivity contribution in [3.8, 4) is 0 Å². The number of nitrogens with zero attached hydrogens (tertiary/aromatic N) is 3. The molecule has 2 rings (SSSR count). The van der Waals surface area contributed by atoms with Gasteiger partial charge in [-0.25, -0.2) is 9.97 Å². The average Bonchev–Trinajstić information content (AvgIpc) is 2.47. The highest BCUT2D eigenvalue weighted by Gasteiger charge is 2.04. The number of hydrogen-bond acceptors (Lipinski definition) is 5. The third-order valence-corrected chi connectivity index (χ3v) is 4.25. The Morgan fingerprint density at radius 1 is 1.09 bits per heavy atom. The van der Waals surface area contributed by atoms with Gasteiger partial charge in [0, 0.05) is 22.8 Å². The van der Waals surface area contributed by atoms with E-state index in [0.717, 1.165) is 47.1 Å². The Bertz CT molecular complexity index is 657. The number of anilines is 3. The molecule has 1 aromatic heterocycles. The summed E-state index contributed by atoms with van der Waals surface area (Å²) >= 11 is 3.52. The normalized spacial score (nSPS) is 10.9. The van der Waals surface area contributed by atoms with Crippen molar-refractivity contribution in [2.24, 2.45) is 0 Å². The summed E-state index contributed by atoms with van der Waals surface area (Å²) in [6.07, 6.45) is 1.07. The first-order valence-corrected chi connectivity index (χ1v) is 8.51. The minimum absolute atomic E-state index is 0.749. The summed E-state index contributed by atoms with van der Waals surface area (Å²) in [4.78, 5) is 11.1. The number of benzene rings is 1.